The molecule has 2 heterocycles. The van der Waals surface area contributed by atoms with Gasteiger partial charge in [0.1, 0.15) is 0 Å². The Hall–Kier alpha value is -1.46. The molecule has 22 heavy (non-hydrogen) atoms. The number of carbonyl (C=O) groups excluding carboxylic acids is 1. The minimum Gasteiger partial charge on any atom is -0.372 e. The van der Waals surface area contributed by atoms with E-state index in [1.807, 2.05) is 21.9 Å². The van der Waals surface area contributed by atoms with Crippen LogP contribution in [0.25, 0.3) is 0 Å². The molecule has 122 valence electrons. The number of benzene rings is 1. The maximum Gasteiger partial charge on any atom is 0.324 e. The molecule has 3 rings (SSSR count). The van der Waals surface area contributed by atoms with Gasteiger partial charge in [-0.3, -0.25) is 4.90 Å². The molecule has 0 saturated carbocycles. The predicted octanol–water partition coefficient (Wildman–Crippen LogP) is 2.17. The lowest BCUT2D eigenvalue weighted by Crippen LogP contribution is -2.49. The van der Waals surface area contributed by atoms with E-state index in [0.29, 0.717) is 6.04 Å². The van der Waals surface area contributed by atoms with Crippen molar-refractivity contribution in [3.63, 3.8) is 0 Å². The standard InChI is InChI=1S/C16H24N4O.ClH/c1-3-18(4-2)13-6-5-7-14(10-13)20-12-15-11-17-8-9-19(15)16(20)21;/h5-7,10,15,17H,3-4,8-9,11-12H2,1-2H3;1H. The number of halogens is 1. The van der Waals surface area contributed by atoms with E-state index in [2.05, 4.69) is 36.2 Å². The first-order valence-electron chi connectivity index (χ1n) is 7.88. The van der Waals surface area contributed by atoms with Crippen LogP contribution in [0.4, 0.5) is 16.2 Å². The number of amides is 2. The summed E-state index contributed by atoms with van der Waals surface area (Å²) < 4.78 is 0. The minimum absolute atomic E-state index is 0. The number of hydrogen-bond donors (Lipinski definition) is 1. The lowest BCUT2D eigenvalue weighted by Gasteiger charge is -2.28. The fourth-order valence-electron chi connectivity index (χ4n) is 3.28. The zero-order valence-electron chi connectivity index (χ0n) is 13.3. The van der Waals surface area contributed by atoms with Crippen LogP contribution >= 0.6 is 12.4 Å². The van der Waals surface area contributed by atoms with E-state index in [-0.39, 0.29) is 18.4 Å². The number of piperazine rings is 1. The first-order chi connectivity index (χ1) is 10.2. The Bertz CT molecular complexity index is 521. The second-order valence-electron chi connectivity index (χ2n) is 5.64. The normalized spacial score (nSPS) is 20.6. The van der Waals surface area contributed by atoms with Gasteiger partial charge in [-0.15, -0.1) is 12.4 Å². The molecule has 2 aliphatic rings. The topological polar surface area (TPSA) is 38.8 Å². The molecule has 2 aliphatic heterocycles. The van der Waals surface area contributed by atoms with E-state index in [4.69, 9.17) is 0 Å². The Morgan fingerprint density at radius 3 is 2.77 bits per heavy atom. The lowest BCUT2D eigenvalue weighted by atomic mass is 10.2. The van der Waals surface area contributed by atoms with Crippen LogP contribution in [-0.4, -0.2) is 56.2 Å². The van der Waals surface area contributed by atoms with Crippen molar-refractivity contribution in [3.8, 4) is 0 Å². The van der Waals surface area contributed by atoms with Gasteiger partial charge in [-0.1, -0.05) is 6.07 Å². The highest BCUT2D eigenvalue weighted by Gasteiger charge is 2.39. The number of urea groups is 1. The number of carbonyl (C=O) groups is 1. The van der Waals surface area contributed by atoms with Crippen LogP contribution < -0.4 is 15.1 Å². The summed E-state index contributed by atoms with van der Waals surface area (Å²) in [4.78, 5) is 18.8. The van der Waals surface area contributed by atoms with Crippen molar-refractivity contribution in [2.24, 2.45) is 0 Å². The van der Waals surface area contributed by atoms with Crippen molar-refractivity contribution in [2.75, 3.05) is 49.1 Å². The van der Waals surface area contributed by atoms with Crippen molar-refractivity contribution in [1.82, 2.24) is 10.2 Å². The van der Waals surface area contributed by atoms with Crippen molar-refractivity contribution in [3.05, 3.63) is 24.3 Å². The average Bonchev–Trinajstić information content (AvgIpc) is 2.87. The highest BCUT2D eigenvalue weighted by Crippen LogP contribution is 2.28. The molecule has 1 aromatic carbocycles. The molecule has 5 nitrogen and oxygen atoms in total. The maximum atomic E-state index is 12.6. The fraction of sp³-hybridized carbons (Fsp3) is 0.562. The van der Waals surface area contributed by atoms with E-state index >= 15 is 0 Å². The van der Waals surface area contributed by atoms with Gasteiger partial charge < -0.3 is 15.1 Å². The molecular formula is C16H25ClN4O. The van der Waals surface area contributed by atoms with E-state index in [1.165, 1.54) is 5.69 Å². The summed E-state index contributed by atoms with van der Waals surface area (Å²) >= 11 is 0. The summed E-state index contributed by atoms with van der Waals surface area (Å²) in [5, 5.41) is 3.37. The number of fused-ring (bicyclic) bond motifs is 1. The van der Waals surface area contributed by atoms with E-state index in [1.54, 1.807) is 0 Å². The summed E-state index contributed by atoms with van der Waals surface area (Å²) in [7, 11) is 0. The summed E-state index contributed by atoms with van der Waals surface area (Å²) in [5.74, 6) is 0. The molecule has 0 aromatic heterocycles. The Morgan fingerprint density at radius 2 is 2.09 bits per heavy atom. The quantitative estimate of drug-likeness (QED) is 0.922. The largest absolute Gasteiger partial charge is 0.372 e. The van der Waals surface area contributed by atoms with Crippen molar-refractivity contribution >= 4 is 29.8 Å². The molecule has 1 aromatic rings. The van der Waals surface area contributed by atoms with Gasteiger partial charge in [0.2, 0.25) is 0 Å². The zero-order chi connectivity index (χ0) is 14.8. The molecule has 0 aliphatic carbocycles. The Morgan fingerprint density at radius 1 is 1.32 bits per heavy atom. The summed E-state index contributed by atoms with van der Waals surface area (Å²) in [6.07, 6.45) is 0. The molecule has 2 amide bonds. The average molecular weight is 325 g/mol. The molecule has 2 fully saturated rings. The molecule has 2 saturated heterocycles. The Balaban J connectivity index is 0.00000176. The number of nitrogens with zero attached hydrogens (tertiary/aromatic N) is 3. The summed E-state index contributed by atoms with van der Waals surface area (Å²) in [6, 6.07) is 8.80. The minimum atomic E-state index is 0. The van der Waals surface area contributed by atoms with E-state index < -0.39 is 0 Å². The van der Waals surface area contributed by atoms with Crippen LogP contribution in [0.1, 0.15) is 13.8 Å². The van der Waals surface area contributed by atoms with Crippen LogP contribution in [0, 0.1) is 0 Å². The summed E-state index contributed by atoms with van der Waals surface area (Å²) in [6.45, 7) is 9.67. The van der Waals surface area contributed by atoms with Gasteiger partial charge in [-0.25, -0.2) is 4.79 Å². The number of nitrogens with one attached hydrogen (secondary N) is 1. The third kappa shape index (κ3) is 3.01. The molecule has 1 unspecified atom stereocenters. The lowest BCUT2D eigenvalue weighted by molar-refractivity contribution is 0.193. The Kier molecular flexibility index (Phi) is 5.53. The SMILES string of the molecule is CCN(CC)c1cccc(N2CC3CNCCN3C2=O)c1.Cl. The van der Waals surface area contributed by atoms with Crippen molar-refractivity contribution in [1.29, 1.82) is 0 Å². The third-order valence-electron chi connectivity index (χ3n) is 4.49. The van der Waals surface area contributed by atoms with Crippen LogP contribution in [0.2, 0.25) is 0 Å². The first kappa shape index (κ1) is 16.9. The number of hydrogen-bond acceptors (Lipinski definition) is 3. The second kappa shape index (κ2) is 7.20. The monoisotopic (exact) mass is 324 g/mol. The first-order valence-corrected chi connectivity index (χ1v) is 7.88. The van der Waals surface area contributed by atoms with Gasteiger partial charge in [0.25, 0.3) is 0 Å². The molecule has 6 heteroatoms. The van der Waals surface area contributed by atoms with E-state index in [9.17, 15) is 4.79 Å². The second-order valence-corrected chi connectivity index (χ2v) is 5.64. The molecule has 0 radical (unpaired) electrons. The third-order valence-corrected chi connectivity index (χ3v) is 4.49. The molecule has 1 N–H and O–H groups in total. The molecular weight excluding hydrogens is 300 g/mol. The van der Waals surface area contributed by atoms with Gasteiger partial charge >= 0.3 is 6.03 Å². The maximum absolute atomic E-state index is 12.6. The van der Waals surface area contributed by atoms with Gasteiger partial charge in [-0.05, 0) is 32.0 Å². The predicted molar refractivity (Wildman–Crippen MR) is 93.4 cm³/mol. The van der Waals surface area contributed by atoms with Gasteiger partial charge in [0.05, 0.1) is 6.04 Å². The van der Waals surface area contributed by atoms with Crippen LogP contribution in [0.15, 0.2) is 24.3 Å². The van der Waals surface area contributed by atoms with E-state index in [0.717, 1.165) is 45.0 Å². The molecule has 0 spiro atoms. The highest BCUT2D eigenvalue weighted by molar-refractivity contribution is 5.95. The zero-order valence-corrected chi connectivity index (χ0v) is 14.1. The smallest absolute Gasteiger partial charge is 0.324 e. The molecule has 1 atom stereocenters. The van der Waals surface area contributed by atoms with Crippen molar-refractivity contribution in [2.45, 2.75) is 19.9 Å². The fourth-order valence-corrected chi connectivity index (χ4v) is 3.28. The van der Waals surface area contributed by atoms with Crippen LogP contribution in [0.5, 0.6) is 0 Å². The van der Waals surface area contributed by atoms with Gasteiger partial charge in [0.15, 0.2) is 0 Å². The number of anilines is 2. The van der Waals surface area contributed by atoms with Crippen LogP contribution in [0.3, 0.4) is 0 Å². The number of rotatable bonds is 4. The Labute approximate surface area is 138 Å². The van der Waals surface area contributed by atoms with Gasteiger partial charge in [0, 0.05) is 50.6 Å². The molecule has 0 bridgehead atoms. The highest BCUT2D eigenvalue weighted by atomic mass is 35.5. The van der Waals surface area contributed by atoms with Crippen LogP contribution in [-0.2, 0) is 0 Å². The van der Waals surface area contributed by atoms with Gasteiger partial charge in [-0.2, -0.15) is 0 Å². The summed E-state index contributed by atoms with van der Waals surface area (Å²) in [5.41, 5.74) is 2.20. The van der Waals surface area contributed by atoms with Crippen molar-refractivity contribution < 1.29 is 4.79 Å².